The van der Waals surface area contributed by atoms with Crippen LogP contribution in [0, 0.1) is 0 Å². The number of methoxy groups -OCH3 is 3. The van der Waals surface area contributed by atoms with Gasteiger partial charge in [-0.15, -0.1) is 11.6 Å². The molecule has 0 fully saturated rings. The van der Waals surface area contributed by atoms with E-state index in [1.807, 2.05) is 31.2 Å². The van der Waals surface area contributed by atoms with Crippen LogP contribution in [0.2, 0.25) is 0 Å². The monoisotopic (exact) mass is 417 g/mol. The number of carbonyl (C=O) groups excluding carboxylic acids is 2. The third-order valence-corrected chi connectivity index (χ3v) is 5.49. The molecule has 7 heteroatoms. The standard InChI is InChI=1S/C22H24ClNO5/c1-13-9-16-10-18(27-2)19(28-3)11-17(16)21(24(13)20(25)12-23)14-5-7-15(8-6-14)22(26)29-4/h5-8,10-11,13,21H,9,12H2,1-4H3/t13-,21-/m0/s1. The first kappa shape index (κ1) is 21.0. The second-order valence-electron chi connectivity index (χ2n) is 6.91. The molecule has 0 N–H and O–H groups in total. The number of fused-ring (bicyclic) bond motifs is 1. The van der Waals surface area contributed by atoms with Gasteiger partial charge in [0.2, 0.25) is 5.91 Å². The van der Waals surface area contributed by atoms with Crippen LogP contribution in [-0.4, -0.2) is 50.0 Å². The predicted molar refractivity (Wildman–Crippen MR) is 110 cm³/mol. The van der Waals surface area contributed by atoms with Crippen molar-refractivity contribution in [3.05, 3.63) is 58.7 Å². The first-order valence-electron chi connectivity index (χ1n) is 9.25. The quantitative estimate of drug-likeness (QED) is 0.549. The van der Waals surface area contributed by atoms with Crippen LogP contribution in [0.25, 0.3) is 0 Å². The van der Waals surface area contributed by atoms with E-state index in [1.165, 1.54) is 7.11 Å². The number of ether oxygens (including phenoxy) is 3. The molecule has 0 bridgehead atoms. The van der Waals surface area contributed by atoms with Crippen LogP contribution in [0.3, 0.4) is 0 Å². The van der Waals surface area contributed by atoms with E-state index in [4.69, 9.17) is 25.8 Å². The Balaban J connectivity index is 2.16. The van der Waals surface area contributed by atoms with Gasteiger partial charge in [-0.25, -0.2) is 4.79 Å². The van der Waals surface area contributed by atoms with Crippen molar-refractivity contribution in [1.29, 1.82) is 0 Å². The Kier molecular flexibility index (Phi) is 6.33. The average Bonchev–Trinajstić information content (AvgIpc) is 2.76. The number of hydrogen-bond acceptors (Lipinski definition) is 5. The lowest BCUT2D eigenvalue weighted by atomic mass is 9.84. The van der Waals surface area contributed by atoms with Gasteiger partial charge in [-0.1, -0.05) is 12.1 Å². The zero-order valence-corrected chi connectivity index (χ0v) is 17.7. The summed E-state index contributed by atoms with van der Waals surface area (Å²) in [5, 5.41) is 0. The minimum absolute atomic E-state index is 0.0582. The Morgan fingerprint density at radius 3 is 2.24 bits per heavy atom. The first-order chi connectivity index (χ1) is 13.9. The second kappa shape index (κ2) is 8.74. The van der Waals surface area contributed by atoms with Crippen molar-refractivity contribution in [2.45, 2.75) is 25.4 Å². The van der Waals surface area contributed by atoms with Crippen LogP contribution in [0.1, 0.15) is 40.0 Å². The lowest BCUT2D eigenvalue weighted by Crippen LogP contribution is -2.47. The number of amides is 1. The summed E-state index contributed by atoms with van der Waals surface area (Å²) in [5.41, 5.74) is 3.35. The van der Waals surface area contributed by atoms with Gasteiger partial charge in [0.25, 0.3) is 0 Å². The molecule has 3 rings (SSSR count). The van der Waals surface area contributed by atoms with Crippen LogP contribution >= 0.6 is 11.6 Å². The van der Waals surface area contributed by atoms with Gasteiger partial charge in [-0.05, 0) is 54.3 Å². The fraction of sp³-hybridized carbons (Fsp3) is 0.364. The van der Waals surface area contributed by atoms with Crippen molar-refractivity contribution >= 4 is 23.5 Å². The van der Waals surface area contributed by atoms with Gasteiger partial charge in [0.05, 0.1) is 32.9 Å². The van der Waals surface area contributed by atoms with E-state index < -0.39 is 5.97 Å². The van der Waals surface area contributed by atoms with Crippen molar-refractivity contribution in [1.82, 2.24) is 4.90 Å². The van der Waals surface area contributed by atoms with Gasteiger partial charge in [0.15, 0.2) is 11.5 Å². The summed E-state index contributed by atoms with van der Waals surface area (Å²) >= 11 is 5.93. The molecule has 1 heterocycles. The van der Waals surface area contributed by atoms with Gasteiger partial charge >= 0.3 is 5.97 Å². The largest absolute Gasteiger partial charge is 0.493 e. The molecule has 29 heavy (non-hydrogen) atoms. The molecule has 0 aromatic heterocycles. The molecule has 154 valence electrons. The van der Waals surface area contributed by atoms with E-state index in [9.17, 15) is 9.59 Å². The van der Waals surface area contributed by atoms with Gasteiger partial charge in [0.1, 0.15) is 5.88 Å². The van der Waals surface area contributed by atoms with E-state index in [1.54, 1.807) is 31.3 Å². The van der Waals surface area contributed by atoms with Crippen LogP contribution in [0.5, 0.6) is 11.5 Å². The summed E-state index contributed by atoms with van der Waals surface area (Å²) in [6.45, 7) is 2.00. The number of carbonyl (C=O) groups is 2. The van der Waals surface area contributed by atoms with E-state index in [0.717, 1.165) is 16.7 Å². The first-order valence-corrected chi connectivity index (χ1v) is 9.78. The number of rotatable bonds is 5. The Labute approximate surface area is 175 Å². The average molecular weight is 418 g/mol. The van der Waals surface area contributed by atoms with Crippen LogP contribution in [0.4, 0.5) is 0 Å². The highest BCUT2D eigenvalue weighted by Gasteiger charge is 2.37. The Bertz CT molecular complexity index is 912. The molecule has 0 aliphatic carbocycles. The van der Waals surface area contributed by atoms with Crippen molar-refractivity contribution in [2.75, 3.05) is 27.2 Å². The molecule has 0 saturated carbocycles. The molecule has 0 spiro atoms. The van der Waals surface area contributed by atoms with Gasteiger partial charge in [-0.3, -0.25) is 4.79 Å². The minimum atomic E-state index is -0.408. The van der Waals surface area contributed by atoms with Crippen LogP contribution < -0.4 is 9.47 Å². The highest BCUT2D eigenvalue weighted by Crippen LogP contribution is 2.43. The Morgan fingerprint density at radius 1 is 1.07 bits per heavy atom. The van der Waals surface area contributed by atoms with E-state index in [-0.39, 0.29) is 23.9 Å². The Hall–Kier alpha value is -2.73. The molecular weight excluding hydrogens is 394 g/mol. The van der Waals surface area contributed by atoms with Gasteiger partial charge < -0.3 is 19.1 Å². The summed E-state index contributed by atoms with van der Waals surface area (Å²) in [6, 6.07) is 10.5. The third-order valence-electron chi connectivity index (χ3n) is 5.26. The zero-order chi connectivity index (χ0) is 21.1. The number of alkyl halides is 1. The van der Waals surface area contributed by atoms with E-state index >= 15 is 0 Å². The fourth-order valence-corrected chi connectivity index (χ4v) is 4.05. The molecule has 1 aliphatic heterocycles. The Morgan fingerprint density at radius 2 is 1.69 bits per heavy atom. The van der Waals surface area contributed by atoms with Gasteiger partial charge in [-0.2, -0.15) is 0 Å². The summed E-state index contributed by atoms with van der Waals surface area (Å²) in [5.74, 6) is 0.574. The predicted octanol–water partition coefficient (Wildman–Crippen LogP) is 3.59. The maximum absolute atomic E-state index is 12.7. The highest BCUT2D eigenvalue weighted by atomic mass is 35.5. The van der Waals surface area contributed by atoms with Crippen LogP contribution in [0.15, 0.2) is 36.4 Å². The molecule has 0 radical (unpaired) electrons. The SMILES string of the molecule is COC(=O)c1ccc([C@H]2c3cc(OC)c(OC)cc3C[C@H](C)N2C(=O)CCl)cc1. The minimum Gasteiger partial charge on any atom is -0.493 e. The third kappa shape index (κ3) is 3.90. The summed E-state index contributed by atoms with van der Waals surface area (Å²) in [4.78, 5) is 26.3. The number of halogens is 1. The van der Waals surface area contributed by atoms with Crippen molar-refractivity contribution < 1.29 is 23.8 Å². The molecule has 6 nitrogen and oxygen atoms in total. The smallest absolute Gasteiger partial charge is 0.337 e. The summed E-state index contributed by atoms with van der Waals surface area (Å²) < 4.78 is 15.7. The molecule has 0 unspecified atom stereocenters. The number of esters is 1. The lowest BCUT2D eigenvalue weighted by molar-refractivity contribution is -0.132. The van der Waals surface area contributed by atoms with E-state index in [2.05, 4.69) is 0 Å². The fourth-order valence-electron chi connectivity index (χ4n) is 3.91. The molecule has 0 saturated heterocycles. The number of nitrogens with zero attached hydrogens (tertiary/aromatic N) is 1. The highest BCUT2D eigenvalue weighted by molar-refractivity contribution is 6.27. The molecule has 2 aromatic rings. The molecule has 2 atom stereocenters. The maximum Gasteiger partial charge on any atom is 0.337 e. The topological polar surface area (TPSA) is 65.1 Å². The van der Waals surface area contributed by atoms with Crippen molar-refractivity contribution in [3.8, 4) is 11.5 Å². The number of benzene rings is 2. The number of hydrogen-bond donors (Lipinski definition) is 0. The normalized spacial score (nSPS) is 18.0. The molecule has 1 aliphatic rings. The van der Waals surface area contributed by atoms with E-state index in [0.29, 0.717) is 23.5 Å². The molecule has 2 aromatic carbocycles. The zero-order valence-electron chi connectivity index (χ0n) is 16.9. The lowest BCUT2D eigenvalue weighted by Gasteiger charge is -2.42. The molecular formula is C22H24ClNO5. The maximum atomic E-state index is 12.7. The second-order valence-corrected chi connectivity index (χ2v) is 7.18. The van der Waals surface area contributed by atoms with Crippen molar-refractivity contribution in [3.63, 3.8) is 0 Å². The summed E-state index contributed by atoms with van der Waals surface area (Å²) in [6.07, 6.45) is 0.676. The van der Waals surface area contributed by atoms with Crippen molar-refractivity contribution in [2.24, 2.45) is 0 Å². The molecule has 1 amide bonds. The summed E-state index contributed by atoms with van der Waals surface area (Å²) in [7, 11) is 4.52. The van der Waals surface area contributed by atoms with Crippen LogP contribution in [-0.2, 0) is 16.0 Å². The van der Waals surface area contributed by atoms with Gasteiger partial charge in [0, 0.05) is 6.04 Å².